The second-order valence-electron chi connectivity index (χ2n) is 6.38. The van der Waals surface area contributed by atoms with E-state index in [1.165, 1.54) is 12.1 Å². The zero-order valence-corrected chi connectivity index (χ0v) is 15.8. The molecule has 1 aromatic carbocycles. The summed E-state index contributed by atoms with van der Waals surface area (Å²) < 4.78 is 13.5. The Kier molecular flexibility index (Phi) is 5.39. The zero-order valence-electron chi connectivity index (χ0n) is 15.0. The normalized spacial score (nSPS) is 20.5. The maximum atomic E-state index is 13.5. The van der Waals surface area contributed by atoms with Crippen molar-refractivity contribution in [2.24, 2.45) is 4.99 Å². The van der Waals surface area contributed by atoms with Crippen LogP contribution in [0.25, 0.3) is 0 Å². The Morgan fingerprint density at radius 2 is 1.89 bits per heavy atom. The number of halogens is 2. The molecule has 0 bridgehead atoms. The summed E-state index contributed by atoms with van der Waals surface area (Å²) in [6.45, 7) is 2.01. The van der Waals surface area contributed by atoms with Gasteiger partial charge in [0.1, 0.15) is 22.9 Å². The van der Waals surface area contributed by atoms with E-state index < -0.39 is 5.54 Å². The van der Waals surface area contributed by atoms with Crippen molar-refractivity contribution in [3.63, 3.8) is 0 Å². The lowest BCUT2D eigenvalue weighted by atomic mass is 9.79. The molecular formula is C21H17ClFN5. The molecular weight excluding hydrogens is 377 g/mol. The van der Waals surface area contributed by atoms with Gasteiger partial charge in [0, 0.05) is 24.2 Å². The number of amidine groups is 1. The van der Waals surface area contributed by atoms with Crippen molar-refractivity contribution in [2.75, 3.05) is 0 Å². The van der Waals surface area contributed by atoms with E-state index in [4.69, 9.17) is 10.3 Å². The quantitative estimate of drug-likeness (QED) is 0.738. The second kappa shape index (κ2) is 7.75. The average Bonchev–Trinajstić information content (AvgIpc) is 3.07. The highest BCUT2D eigenvalue weighted by Gasteiger charge is 2.45. The molecule has 0 radical (unpaired) electrons. The number of benzene rings is 1. The van der Waals surface area contributed by atoms with Gasteiger partial charge in [-0.05, 0) is 42.8 Å². The number of nitriles is 1. The van der Waals surface area contributed by atoms with Gasteiger partial charge in [0.05, 0.1) is 17.7 Å². The van der Waals surface area contributed by atoms with Crippen LogP contribution in [0.15, 0.2) is 72.1 Å². The molecule has 4 rings (SSSR count). The van der Waals surface area contributed by atoms with Gasteiger partial charge in [-0.2, -0.15) is 5.26 Å². The summed E-state index contributed by atoms with van der Waals surface area (Å²) in [6, 6.07) is 15.5. The van der Waals surface area contributed by atoms with Crippen molar-refractivity contribution in [3.8, 4) is 6.07 Å². The first-order valence-electron chi connectivity index (χ1n) is 8.53. The molecule has 2 aromatic heterocycles. The number of aliphatic imine (C=N–C) groups is 1. The molecule has 7 heteroatoms. The molecule has 1 aliphatic heterocycles. The van der Waals surface area contributed by atoms with Crippen LogP contribution >= 0.6 is 12.4 Å². The van der Waals surface area contributed by atoms with E-state index in [1.54, 1.807) is 42.9 Å². The zero-order chi connectivity index (χ0) is 18.9. The fraction of sp³-hybridized carbons (Fsp3) is 0.143. The SMILES string of the molecule is C[C@@H]1NC(c2cc(C#N)ccn2)=NC1(c1ccc(F)cc1)c1cccnc1.Cl. The van der Waals surface area contributed by atoms with E-state index in [9.17, 15) is 4.39 Å². The van der Waals surface area contributed by atoms with Crippen LogP contribution in [0.3, 0.4) is 0 Å². The van der Waals surface area contributed by atoms with Crippen LogP contribution in [0.5, 0.6) is 0 Å². The van der Waals surface area contributed by atoms with Crippen molar-refractivity contribution < 1.29 is 4.39 Å². The molecule has 2 atom stereocenters. The van der Waals surface area contributed by atoms with E-state index in [0.29, 0.717) is 17.1 Å². The topological polar surface area (TPSA) is 74.0 Å². The van der Waals surface area contributed by atoms with Crippen LogP contribution in [0.1, 0.15) is 29.3 Å². The molecule has 0 amide bonds. The molecule has 3 aromatic rings. The van der Waals surface area contributed by atoms with Crippen molar-refractivity contribution in [2.45, 2.75) is 18.5 Å². The van der Waals surface area contributed by atoms with Crippen molar-refractivity contribution in [1.29, 1.82) is 5.26 Å². The first kappa shape index (κ1) is 19.5. The lowest BCUT2D eigenvalue weighted by Crippen LogP contribution is -2.41. The van der Waals surface area contributed by atoms with Gasteiger partial charge in [-0.1, -0.05) is 18.2 Å². The Labute approximate surface area is 168 Å². The number of nitrogens with zero attached hydrogens (tertiary/aromatic N) is 4. The van der Waals surface area contributed by atoms with Gasteiger partial charge < -0.3 is 5.32 Å². The third-order valence-corrected chi connectivity index (χ3v) is 4.79. The lowest BCUT2D eigenvalue weighted by molar-refractivity contribution is 0.452. The summed E-state index contributed by atoms with van der Waals surface area (Å²) in [5.41, 5.74) is 2.07. The molecule has 1 aliphatic rings. The molecule has 0 aliphatic carbocycles. The fourth-order valence-corrected chi connectivity index (χ4v) is 3.46. The largest absolute Gasteiger partial charge is 0.363 e. The van der Waals surface area contributed by atoms with E-state index in [1.807, 2.05) is 19.1 Å². The van der Waals surface area contributed by atoms with Crippen LogP contribution in [0.2, 0.25) is 0 Å². The van der Waals surface area contributed by atoms with Gasteiger partial charge in [-0.15, -0.1) is 12.4 Å². The van der Waals surface area contributed by atoms with Gasteiger partial charge in [-0.25, -0.2) is 9.38 Å². The minimum Gasteiger partial charge on any atom is -0.363 e. The standard InChI is InChI=1S/C21H16FN5.ClH/c1-14-21(17-3-2-9-24-13-17,16-4-6-18(22)7-5-16)27-20(26-14)19-11-15(12-23)8-10-25-19;/h2-11,13-14H,1H3,(H,26,27);1H/t14-,21?;/m0./s1. The van der Waals surface area contributed by atoms with Crippen molar-refractivity contribution in [3.05, 3.63) is 95.3 Å². The first-order valence-corrected chi connectivity index (χ1v) is 8.53. The van der Waals surface area contributed by atoms with Gasteiger partial charge in [0.2, 0.25) is 0 Å². The van der Waals surface area contributed by atoms with Crippen LogP contribution in [0, 0.1) is 17.1 Å². The highest BCUT2D eigenvalue weighted by Crippen LogP contribution is 2.40. The molecule has 3 heterocycles. The third kappa shape index (κ3) is 3.21. The number of hydrogen-bond acceptors (Lipinski definition) is 5. The maximum Gasteiger partial charge on any atom is 0.148 e. The average molecular weight is 394 g/mol. The monoisotopic (exact) mass is 393 g/mol. The Balaban J connectivity index is 0.00000225. The minimum atomic E-state index is -0.776. The van der Waals surface area contributed by atoms with Crippen molar-refractivity contribution >= 4 is 18.2 Å². The van der Waals surface area contributed by atoms with E-state index in [0.717, 1.165) is 11.1 Å². The fourth-order valence-electron chi connectivity index (χ4n) is 3.46. The Bertz CT molecular complexity index is 1050. The Morgan fingerprint density at radius 1 is 1.11 bits per heavy atom. The van der Waals surface area contributed by atoms with Crippen molar-refractivity contribution in [1.82, 2.24) is 15.3 Å². The van der Waals surface area contributed by atoms with Gasteiger partial charge in [0.25, 0.3) is 0 Å². The Morgan fingerprint density at radius 3 is 2.57 bits per heavy atom. The van der Waals surface area contributed by atoms with Crippen LogP contribution in [-0.2, 0) is 5.54 Å². The number of rotatable bonds is 3. The molecule has 0 saturated heterocycles. The highest BCUT2D eigenvalue weighted by atomic mass is 35.5. The summed E-state index contributed by atoms with van der Waals surface area (Å²) in [6.07, 6.45) is 5.06. The van der Waals surface area contributed by atoms with Gasteiger partial charge in [-0.3, -0.25) is 9.97 Å². The predicted molar refractivity (Wildman–Crippen MR) is 107 cm³/mol. The molecule has 1 N–H and O–H groups in total. The number of pyridine rings is 2. The van der Waals surface area contributed by atoms with Gasteiger partial charge in [0.15, 0.2) is 0 Å². The van der Waals surface area contributed by atoms with E-state index in [2.05, 4.69) is 21.4 Å². The third-order valence-electron chi connectivity index (χ3n) is 4.79. The number of aromatic nitrogens is 2. The first-order chi connectivity index (χ1) is 13.1. The molecule has 28 heavy (non-hydrogen) atoms. The summed E-state index contributed by atoms with van der Waals surface area (Å²) >= 11 is 0. The highest BCUT2D eigenvalue weighted by molar-refractivity contribution is 5.99. The molecule has 0 fully saturated rings. The summed E-state index contributed by atoms with van der Waals surface area (Å²) in [7, 11) is 0. The maximum absolute atomic E-state index is 13.5. The second-order valence-corrected chi connectivity index (χ2v) is 6.38. The van der Waals surface area contributed by atoms with E-state index in [-0.39, 0.29) is 24.3 Å². The van der Waals surface area contributed by atoms with Gasteiger partial charge >= 0.3 is 0 Å². The number of hydrogen-bond donors (Lipinski definition) is 1. The lowest BCUT2D eigenvalue weighted by Gasteiger charge is -2.31. The smallest absolute Gasteiger partial charge is 0.148 e. The predicted octanol–water partition coefficient (Wildman–Crippen LogP) is 3.59. The van der Waals surface area contributed by atoms with Crippen LogP contribution in [0.4, 0.5) is 4.39 Å². The summed E-state index contributed by atoms with van der Waals surface area (Å²) in [5.74, 6) is 0.291. The Hall–Kier alpha value is -3.30. The molecule has 5 nitrogen and oxygen atoms in total. The summed E-state index contributed by atoms with van der Waals surface area (Å²) in [5, 5.41) is 12.5. The molecule has 140 valence electrons. The molecule has 1 unspecified atom stereocenters. The number of nitrogens with one attached hydrogen (secondary N) is 1. The minimum absolute atomic E-state index is 0. The van der Waals surface area contributed by atoms with E-state index >= 15 is 0 Å². The summed E-state index contributed by atoms with van der Waals surface area (Å²) in [4.78, 5) is 13.6. The van der Waals surface area contributed by atoms with Crippen LogP contribution < -0.4 is 5.32 Å². The van der Waals surface area contributed by atoms with Crippen LogP contribution in [-0.4, -0.2) is 21.8 Å². The molecule has 0 spiro atoms. The molecule has 0 saturated carbocycles.